The van der Waals surface area contributed by atoms with E-state index < -0.39 is 39.5 Å². The number of carbonyl (C=O) groups excluding carboxylic acids is 3. The highest BCUT2D eigenvalue weighted by molar-refractivity contribution is 8.14. The minimum Gasteiger partial charge on any atom is -0.477 e. The van der Waals surface area contributed by atoms with Crippen LogP contribution in [-0.4, -0.2) is 63.3 Å². The third kappa shape index (κ3) is 5.06. The van der Waals surface area contributed by atoms with E-state index in [0.717, 1.165) is 17.3 Å². The molecule has 1 fully saturated rings. The van der Waals surface area contributed by atoms with Crippen molar-refractivity contribution >= 4 is 34.5 Å². The Kier molecular flexibility index (Phi) is 7.14. The SMILES string of the molecule is CC(=O)SC(Cc1ccccc1)C(=O)C1(N)CCCC[N+](C)(CC(=O)O)C1=O. The van der Waals surface area contributed by atoms with Crippen molar-refractivity contribution in [2.75, 3.05) is 20.1 Å². The molecule has 2 rings (SSSR count). The average Bonchev–Trinajstić information content (AvgIpc) is 2.73. The summed E-state index contributed by atoms with van der Waals surface area (Å²) < 4.78 is -0.416. The van der Waals surface area contributed by atoms with Crippen molar-refractivity contribution in [3.63, 3.8) is 0 Å². The molecule has 0 aromatic heterocycles. The zero-order valence-electron chi connectivity index (χ0n) is 16.2. The molecule has 0 aliphatic carbocycles. The van der Waals surface area contributed by atoms with E-state index in [9.17, 15) is 24.3 Å². The maximum atomic E-state index is 13.4. The number of likely N-dealkylation sites (N-methyl/N-ethyl adjacent to an activating group) is 1. The minimum absolute atomic E-state index is 0.155. The number of rotatable bonds is 7. The van der Waals surface area contributed by atoms with Crippen molar-refractivity contribution < 1.29 is 28.8 Å². The molecule has 0 radical (unpaired) electrons. The molecule has 7 nitrogen and oxygen atoms in total. The van der Waals surface area contributed by atoms with Gasteiger partial charge in [-0.05, 0) is 31.2 Å². The van der Waals surface area contributed by atoms with Gasteiger partial charge in [-0.3, -0.25) is 14.1 Å². The molecule has 28 heavy (non-hydrogen) atoms. The number of hydrogen-bond donors (Lipinski definition) is 2. The Morgan fingerprint density at radius 3 is 2.46 bits per heavy atom. The molecule has 1 saturated heterocycles. The predicted octanol–water partition coefficient (Wildman–Crippen LogP) is 1.39. The monoisotopic (exact) mass is 407 g/mol. The van der Waals surface area contributed by atoms with Crippen molar-refractivity contribution in [2.45, 2.75) is 43.4 Å². The molecule has 1 aromatic carbocycles. The molecular weight excluding hydrogens is 380 g/mol. The normalized spacial score (nSPS) is 26.3. The maximum Gasteiger partial charge on any atom is 0.359 e. The molecule has 1 aliphatic heterocycles. The number of nitrogens with two attached hydrogens (primary N) is 1. The molecule has 1 amide bonds. The van der Waals surface area contributed by atoms with Crippen molar-refractivity contribution in [2.24, 2.45) is 5.73 Å². The largest absolute Gasteiger partial charge is 0.477 e. The van der Waals surface area contributed by atoms with Gasteiger partial charge in [0, 0.05) is 6.92 Å². The summed E-state index contributed by atoms with van der Waals surface area (Å²) >= 11 is 0.874. The lowest BCUT2D eigenvalue weighted by molar-refractivity contribution is -0.827. The highest BCUT2D eigenvalue weighted by atomic mass is 32.2. The number of nitrogens with zero attached hydrogens (tertiary/aromatic N) is 1. The van der Waals surface area contributed by atoms with Crippen molar-refractivity contribution in [1.82, 2.24) is 0 Å². The Morgan fingerprint density at radius 1 is 1.25 bits per heavy atom. The summed E-state index contributed by atoms with van der Waals surface area (Å²) in [5.41, 5.74) is 5.46. The number of thioether (sulfide) groups is 1. The van der Waals surface area contributed by atoms with Crippen molar-refractivity contribution in [1.29, 1.82) is 0 Å². The summed E-state index contributed by atoms with van der Waals surface area (Å²) in [6.45, 7) is 1.27. The second-order valence-electron chi connectivity index (χ2n) is 7.56. The number of carbonyl (C=O) groups is 4. The highest BCUT2D eigenvalue weighted by Crippen LogP contribution is 2.30. The first-order valence-corrected chi connectivity index (χ1v) is 10.1. The molecule has 0 bridgehead atoms. The summed E-state index contributed by atoms with van der Waals surface area (Å²) in [6.07, 6.45) is 1.58. The van der Waals surface area contributed by atoms with Gasteiger partial charge in [0.1, 0.15) is 0 Å². The van der Waals surface area contributed by atoms with Crippen LogP contribution in [0.2, 0.25) is 0 Å². The molecule has 8 heteroatoms. The number of benzene rings is 1. The number of ketones is 1. The van der Waals surface area contributed by atoms with E-state index in [2.05, 4.69) is 0 Å². The third-order valence-corrected chi connectivity index (χ3v) is 6.13. The summed E-state index contributed by atoms with van der Waals surface area (Å²) in [5, 5.41) is 8.19. The molecule has 152 valence electrons. The highest BCUT2D eigenvalue weighted by Gasteiger charge is 2.55. The van der Waals surface area contributed by atoms with Crippen LogP contribution in [0.15, 0.2) is 30.3 Å². The van der Waals surface area contributed by atoms with Crippen LogP contribution in [0, 0.1) is 0 Å². The van der Waals surface area contributed by atoms with Crippen molar-refractivity contribution in [3.8, 4) is 0 Å². The molecular formula is C20H27N2O5S+. The first-order chi connectivity index (χ1) is 13.1. The summed E-state index contributed by atoms with van der Waals surface area (Å²) in [6, 6.07) is 9.23. The lowest BCUT2D eigenvalue weighted by atomic mass is 9.85. The summed E-state index contributed by atoms with van der Waals surface area (Å²) in [5.74, 6) is -2.20. The molecule has 3 unspecified atom stereocenters. The van der Waals surface area contributed by atoms with Crippen LogP contribution in [0.5, 0.6) is 0 Å². The number of quaternary nitrogens is 1. The van der Waals surface area contributed by atoms with Crippen molar-refractivity contribution in [3.05, 3.63) is 35.9 Å². The number of likely N-dealkylation sites (tertiary alicyclic amines) is 1. The number of amides is 1. The molecule has 1 heterocycles. The minimum atomic E-state index is -1.80. The Bertz CT molecular complexity index is 769. The first-order valence-electron chi connectivity index (χ1n) is 9.24. The first kappa shape index (κ1) is 22.3. The second-order valence-corrected chi connectivity index (χ2v) is 8.94. The van der Waals surface area contributed by atoms with Gasteiger partial charge in [0.25, 0.3) is 0 Å². The van der Waals surface area contributed by atoms with Crippen LogP contribution in [-0.2, 0) is 25.6 Å². The number of carboxylic acids is 1. The van der Waals surface area contributed by atoms with E-state index in [1.54, 1.807) is 0 Å². The molecule has 1 aromatic rings. The van der Waals surface area contributed by atoms with E-state index in [4.69, 9.17) is 5.73 Å². The van der Waals surface area contributed by atoms with Crippen LogP contribution in [0.4, 0.5) is 0 Å². The van der Waals surface area contributed by atoms with E-state index in [1.807, 2.05) is 30.3 Å². The number of carboxylic acid groups (broad SMARTS) is 1. The van der Waals surface area contributed by atoms with Gasteiger partial charge < -0.3 is 10.8 Å². The fourth-order valence-corrected chi connectivity index (χ4v) is 4.73. The standard InChI is InChI=1S/C20H26N2O5S/c1-14(23)28-16(12-15-8-4-3-5-9-15)18(26)20(21)10-6-7-11-22(2,19(20)27)13-17(24)25/h3-5,8-9,16H,6-7,10-13,21H2,1-2H3/p+1. The smallest absolute Gasteiger partial charge is 0.359 e. The Morgan fingerprint density at radius 2 is 1.89 bits per heavy atom. The van der Waals surface area contributed by atoms with Crippen LogP contribution in [0.3, 0.4) is 0 Å². The van der Waals surface area contributed by atoms with Gasteiger partial charge in [0.15, 0.2) is 23.0 Å². The fourth-order valence-electron chi connectivity index (χ4n) is 3.74. The van der Waals surface area contributed by atoms with Gasteiger partial charge in [-0.15, -0.1) is 0 Å². The van der Waals surface area contributed by atoms with E-state index in [0.29, 0.717) is 19.4 Å². The number of Topliss-reactive ketones (excluding diaryl/α,β-unsaturated/α-hetero) is 1. The predicted molar refractivity (Wildman–Crippen MR) is 107 cm³/mol. The van der Waals surface area contributed by atoms with Crippen LogP contribution in [0.25, 0.3) is 0 Å². The third-order valence-electron chi connectivity index (χ3n) is 5.13. The zero-order chi connectivity index (χ0) is 20.9. The van der Waals surface area contributed by atoms with Crippen LogP contribution < -0.4 is 5.73 Å². The Hall–Kier alpha value is -2.03. The maximum absolute atomic E-state index is 13.4. The lowest BCUT2D eigenvalue weighted by Gasteiger charge is -2.36. The van der Waals surface area contributed by atoms with Crippen LogP contribution in [0.1, 0.15) is 31.7 Å². The number of hydrogen-bond acceptors (Lipinski definition) is 6. The summed E-state index contributed by atoms with van der Waals surface area (Å²) in [4.78, 5) is 49.7. The topological polar surface area (TPSA) is 115 Å². The second kappa shape index (κ2) is 8.98. The molecule has 3 N–H and O–H groups in total. The number of aliphatic carboxylic acids is 1. The van der Waals surface area contributed by atoms with Gasteiger partial charge in [-0.25, -0.2) is 9.59 Å². The summed E-state index contributed by atoms with van der Waals surface area (Å²) in [7, 11) is 1.51. The van der Waals surface area contributed by atoms with E-state index >= 15 is 0 Å². The molecule has 0 spiro atoms. The van der Waals surface area contributed by atoms with Crippen LogP contribution >= 0.6 is 11.8 Å². The fraction of sp³-hybridized carbons (Fsp3) is 0.500. The quantitative estimate of drug-likeness (QED) is 0.518. The van der Waals surface area contributed by atoms with E-state index in [1.165, 1.54) is 14.0 Å². The molecule has 1 aliphatic rings. The van der Waals surface area contributed by atoms with Gasteiger partial charge in [0.2, 0.25) is 0 Å². The van der Waals surface area contributed by atoms with E-state index in [-0.39, 0.29) is 18.0 Å². The Labute approximate surface area is 168 Å². The van der Waals surface area contributed by atoms with Gasteiger partial charge >= 0.3 is 11.9 Å². The van der Waals surface area contributed by atoms with Gasteiger partial charge in [0.05, 0.1) is 18.8 Å². The zero-order valence-corrected chi connectivity index (χ0v) is 17.0. The van der Waals surface area contributed by atoms with Gasteiger partial charge in [-0.2, -0.15) is 0 Å². The molecule has 0 saturated carbocycles. The average molecular weight is 408 g/mol. The Balaban J connectivity index is 2.37. The molecule has 3 atom stereocenters. The van der Waals surface area contributed by atoms with Gasteiger partial charge in [-0.1, -0.05) is 42.1 Å². The lowest BCUT2D eigenvalue weighted by Crippen LogP contribution is -2.68.